The number of unbranched alkanes of at least 4 members (excludes halogenated alkanes) is 12. The summed E-state index contributed by atoms with van der Waals surface area (Å²) in [4.78, 5) is 25.0. The van der Waals surface area contributed by atoms with Crippen molar-refractivity contribution in [1.29, 1.82) is 0 Å². The Morgan fingerprint density at radius 2 is 1.07 bits per heavy atom. The Balaban J connectivity index is 4.37. The van der Waals surface area contributed by atoms with Crippen LogP contribution < -0.4 is 4.89 Å². The van der Waals surface area contributed by atoms with Crippen LogP contribution >= 0.6 is 7.82 Å². The van der Waals surface area contributed by atoms with Gasteiger partial charge in [0.05, 0.1) is 34.4 Å². The average Bonchev–Trinajstić information content (AvgIpc) is 3.12. The minimum Gasteiger partial charge on any atom is -0.756 e. The Labute approximate surface area is 332 Å². The zero-order valence-corrected chi connectivity index (χ0v) is 36.0. The summed E-state index contributed by atoms with van der Waals surface area (Å²) in [5, 5.41) is 0. The van der Waals surface area contributed by atoms with Crippen LogP contribution in [0.2, 0.25) is 0 Å². The second kappa shape index (κ2) is 37.8. The van der Waals surface area contributed by atoms with Crippen LogP contribution in [0.4, 0.5) is 0 Å². The Morgan fingerprint density at radius 3 is 1.61 bits per heavy atom. The molecule has 312 valence electrons. The van der Waals surface area contributed by atoms with Crippen LogP contribution in [0.25, 0.3) is 0 Å². The summed E-state index contributed by atoms with van der Waals surface area (Å²) >= 11 is 0. The number of nitrogens with zero attached hydrogens (tertiary/aromatic N) is 1. The summed E-state index contributed by atoms with van der Waals surface area (Å²) in [5.41, 5.74) is 0. The third-order valence-electron chi connectivity index (χ3n) is 8.49. The molecular weight excluding hydrogens is 697 g/mol. The molecule has 0 heterocycles. The first-order valence-electron chi connectivity index (χ1n) is 21.2. The van der Waals surface area contributed by atoms with Crippen LogP contribution in [0.15, 0.2) is 72.9 Å². The fourth-order valence-corrected chi connectivity index (χ4v) is 5.94. The highest BCUT2D eigenvalue weighted by atomic mass is 31.2. The summed E-state index contributed by atoms with van der Waals surface area (Å²) in [7, 11) is 1.31. The number of quaternary nitrogens is 1. The molecule has 0 spiro atoms. The summed E-state index contributed by atoms with van der Waals surface area (Å²) in [6, 6.07) is 0. The predicted molar refractivity (Wildman–Crippen MR) is 226 cm³/mol. The van der Waals surface area contributed by atoms with E-state index < -0.39 is 13.9 Å². The lowest BCUT2D eigenvalue weighted by molar-refractivity contribution is -0.870. The Morgan fingerprint density at radius 1 is 0.593 bits per heavy atom. The van der Waals surface area contributed by atoms with Crippen LogP contribution in [0.5, 0.6) is 0 Å². The van der Waals surface area contributed by atoms with Gasteiger partial charge < -0.3 is 27.9 Å². The molecule has 0 aromatic carbocycles. The van der Waals surface area contributed by atoms with Gasteiger partial charge >= 0.3 is 5.97 Å². The van der Waals surface area contributed by atoms with E-state index in [2.05, 4.69) is 86.8 Å². The van der Waals surface area contributed by atoms with Gasteiger partial charge in [-0.2, -0.15) is 0 Å². The average molecular weight is 778 g/mol. The number of likely N-dealkylation sites (N-methyl/N-ethyl adjacent to an activating group) is 1. The van der Waals surface area contributed by atoms with E-state index in [1.54, 1.807) is 0 Å². The minimum absolute atomic E-state index is 0.0129. The summed E-state index contributed by atoms with van der Waals surface area (Å²) in [5.74, 6) is -0.363. The number of hydrogen-bond acceptors (Lipinski definition) is 7. The largest absolute Gasteiger partial charge is 0.756 e. The molecule has 0 N–H and O–H groups in total. The maximum Gasteiger partial charge on any atom is 0.306 e. The maximum absolute atomic E-state index is 12.7. The molecule has 2 atom stereocenters. The van der Waals surface area contributed by atoms with Crippen LogP contribution in [-0.4, -0.2) is 70.7 Å². The number of ether oxygens (including phenoxy) is 2. The molecule has 0 bridgehead atoms. The molecule has 0 aromatic heterocycles. The second-order valence-electron chi connectivity index (χ2n) is 15.0. The number of carbonyl (C=O) groups is 1. The minimum atomic E-state index is -4.54. The van der Waals surface area contributed by atoms with Crippen molar-refractivity contribution < 1.29 is 37.3 Å². The molecule has 54 heavy (non-hydrogen) atoms. The van der Waals surface area contributed by atoms with E-state index in [9.17, 15) is 14.3 Å². The van der Waals surface area contributed by atoms with Gasteiger partial charge in [-0.1, -0.05) is 132 Å². The first-order valence-corrected chi connectivity index (χ1v) is 22.6. The maximum atomic E-state index is 12.7. The standard InChI is InChI=1S/C45H80NO7P/c1-6-8-10-12-14-16-18-20-22-24-26-28-30-32-34-36-38-45(47)53-44(43-52-54(48,49)51-41-39-46(3,4)5)42-50-40-37-35-33-31-29-27-25-23-21-19-17-15-13-11-9-7-2/h9,11,15-18,21-24,27,29,44H,6-8,10,12-14,19-20,25-26,28,30-43H2,1-5H3/b11-9-,17-15-,18-16-,23-21-,24-22-,29-27-. The van der Waals surface area contributed by atoms with Gasteiger partial charge in [-0.15, -0.1) is 0 Å². The second-order valence-corrected chi connectivity index (χ2v) is 16.4. The summed E-state index contributed by atoms with van der Waals surface area (Å²) in [6.45, 7) is 5.15. The lowest BCUT2D eigenvalue weighted by Crippen LogP contribution is -2.37. The number of esters is 1. The van der Waals surface area contributed by atoms with Gasteiger partial charge in [-0.3, -0.25) is 9.36 Å². The summed E-state index contributed by atoms with van der Waals surface area (Å²) in [6.07, 6.45) is 47.7. The first kappa shape index (κ1) is 51.9. The molecule has 0 aliphatic carbocycles. The molecule has 0 radical (unpaired) electrons. The van der Waals surface area contributed by atoms with Crippen LogP contribution in [0.1, 0.15) is 149 Å². The van der Waals surface area contributed by atoms with Crippen molar-refractivity contribution in [2.75, 3.05) is 54.1 Å². The number of phosphoric ester groups is 1. The molecule has 0 amide bonds. The highest BCUT2D eigenvalue weighted by Crippen LogP contribution is 2.38. The zero-order valence-electron chi connectivity index (χ0n) is 35.1. The van der Waals surface area contributed by atoms with Gasteiger partial charge in [0.15, 0.2) is 0 Å². The predicted octanol–water partition coefficient (Wildman–Crippen LogP) is 11.7. The van der Waals surface area contributed by atoms with Crippen molar-refractivity contribution in [1.82, 2.24) is 0 Å². The van der Waals surface area contributed by atoms with Gasteiger partial charge in [-0.05, 0) is 83.5 Å². The number of phosphoric acid groups is 1. The highest BCUT2D eigenvalue weighted by molar-refractivity contribution is 7.45. The fourth-order valence-electron chi connectivity index (χ4n) is 5.21. The van der Waals surface area contributed by atoms with Crippen molar-refractivity contribution in [3.05, 3.63) is 72.9 Å². The molecule has 0 aliphatic rings. The molecule has 2 unspecified atom stereocenters. The van der Waals surface area contributed by atoms with Crippen molar-refractivity contribution in [2.24, 2.45) is 0 Å². The van der Waals surface area contributed by atoms with E-state index >= 15 is 0 Å². The SMILES string of the molecule is CC/C=C\C/C=C\C/C=C\C/C=C\CCCCCOCC(COP(=O)([O-])OCC[N+](C)(C)C)OC(=O)CCCCCCC/C=C\C/C=C\CCCCCC. The lowest BCUT2D eigenvalue weighted by atomic mass is 10.1. The van der Waals surface area contributed by atoms with Gasteiger partial charge in [0.2, 0.25) is 0 Å². The van der Waals surface area contributed by atoms with E-state index in [1.165, 1.54) is 32.1 Å². The molecule has 8 nitrogen and oxygen atoms in total. The quantitative estimate of drug-likeness (QED) is 0.0202. The van der Waals surface area contributed by atoms with E-state index in [4.69, 9.17) is 18.5 Å². The number of hydrogen-bond donors (Lipinski definition) is 0. The topological polar surface area (TPSA) is 94.1 Å². The zero-order chi connectivity index (χ0) is 39.9. The van der Waals surface area contributed by atoms with Crippen molar-refractivity contribution in [3.8, 4) is 0 Å². The van der Waals surface area contributed by atoms with E-state index in [0.29, 0.717) is 17.6 Å². The normalized spacial score (nSPS) is 14.6. The van der Waals surface area contributed by atoms with E-state index in [0.717, 1.165) is 96.3 Å². The molecule has 0 aromatic rings. The van der Waals surface area contributed by atoms with Gasteiger partial charge in [-0.25, -0.2) is 0 Å². The van der Waals surface area contributed by atoms with Gasteiger partial charge in [0, 0.05) is 13.0 Å². The molecule has 0 rings (SSSR count). The van der Waals surface area contributed by atoms with Crippen LogP contribution in [-0.2, 0) is 27.9 Å². The number of allylic oxidation sites excluding steroid dienone is 12. The lowest BCUT2D eigenvalue weighted by Gasteiger charge is -2.28. The van der Waals surface area contributed by atoms with Crippen LogP contribution in [0, 0.1) is 0 Å². The van der Waals surface area contributed by atoms with E-state index in [-0.39, 0.29) is 32.2 Å². The number of rotatable bonds is 38. The fraction of sp³-hybridized carbons (Fsp3) is 0.711. The Hall–Kier alpha value is -2.06. The van der Waals surface area contributed by atoms with Crippen LogP contribution in [0.3, 0.4) is 0 Å². The summed E-state index contributed by atoms with van der Waals surface area (Å²) < 4.78 is 34.5. The molecule has 0 fully saturated rings. The van der Waals surface area contributed by atoms with Crippen molar-refractivity contribution in [3.63, 3.8) is 0 Å². The Kier molecular flexibility index (Phi) is 36.4. The van der Waals surface area contributed by atoms with Crippen molar-refractivity contribution in [2.45, 2.75) is 155 Å². The third-order valence-corrected chi connectivity index (χ3v) is 9.46. The monoisotopic (exact) mass is 778 g/mol. The number of carbonyl (C=O) groups excluding carboxylic acids is 1. The third kappa shape index (κ3) is 41.1. The van der Waals surface area contributed by atoms with E-state index in [1.807, 2.05) is 21.1 Å². The smallest absolute Gasteiger partial charge is 0.306 e. The van der Waals surface area contributed by atoms with Gasteiger partial charge in [0.1, 0.15) is 19.3 Å². The molecule has 0 saturated carbocycles. The molecule has 0 saturated heterocycles. The Bertz CT molecular complexity index is 1090. The molecule has 0 aliphatic heterocycles. The first-order chi connectivity index (χ1) is 26.1. The van der Waals surface area contributed by atoms with Gasteiger partial charge in [0.25, 0.3) is 7.82 Å². The molecule has 9 heteroatoms. The van der Waals surface area contributed by atoms with Crippen molar-refractivity contribution >= 4 is 13.8 Å². The molecular formula is C45H80NO7P. The highest BCUT2D eigenvalue weighted by Gasteiger charge is 2.20.